The van der Waals surface area contributed by atoms with Crippen molar-refractivity contribution in [2.24, 2.45) is 0 Å². The summed E-state index contributed by atoms with van der Waals surface area (Å²) in [6.07, 6.45) is 0. The average Bonchev–Trinajstić information content (AvgIpc) is 2.46. The van der Waals surface area contributed by atoms with E-state index in [4.69, 9.17) is 0 Å². The maximum absolute atomic E-state index is 12.5. The molecule has 1 aromatic heterocycles. The Hall–Kier alpha value is -2.49. The first-order valence-corrected chi connectivity index (χ1v) is 6.76. The van der Waals surface area contributed by atoms with Gasteiger partial charge in [0.2, 0.25) is 0 Å². The number of hydrogen-bond donors (Lipinski definition) is 0. The minimum absolute atomic E-state index is 0.105. The van der Waals surface area contributed by atoms with E-state index in [1.807, 2.05) is 6.07 Å². The predicted molar refractivity (Wildman–Crippen MR) is 80.9 cm³/mol. The standard InChI is InChI=1S/C17H17NO3/c1-11-9-10-15(13(3)19)17(21)18(11)12(2)16(20)14-7-5-4-6-8-14/h4-10,12H,1-3H3. The molecule has 0 N–H and O–H groups in total. The van der Waals surface area contributed by atoms with E-state index >= 15 is 0 Å². The van der Waals surface area contributed by atoms with Gasteiger partial charge in [0.1, 0.15) is 0 Å². The highest BCUT2D eigenvalue weighted by Gasteiger charge is 2.21. The van der Waals surface area contributed by atoms with E-state index < -0.39 is 11.6 Å². The monoisotopic (exact) mass is 283 g/mol. The zero-order chi connectivity index (χ0) is 15.6. The Morgan fingerprint density at radius 3 is 2.24 bits per heavy atom. The van der Waals surface area contributed by atoms with Crippen molar-refractivity contribution in [1.82, 2.24) is 4.57 Å². The lowest BCUT2D eigenvalue weighted by atomic mass is 10.0. The first-order valence-electron chi connectivity index (χ1n) is 6.76. The minimum Gasteiger partial charge on any atom is -0.302 e. The molecule has 1 atom stereocenters. The highest BCUT2D eigenvalue weighted by atomic mass is 16.2. The van der Waals surface area contributed by atoms with Crippen molar-refractivity contribution < 1.29 is 9.59 Å². The Bertz CT molecular complexity index is 744. The number of Topliss-reactive ketones (excluding diaryl/α,β-unsaturated/α-hetero) is 2. The third-order valence-corrected chi connectivity index (χ3v) is 3.52. The van der Waals surface area contributed by atoms with Gasteiger partial charge in [0.25, 0.3) is 5.56 Å². The lowest BCUT2D eigenvalue weighted by molar-refractivity contribution is 0.0927. The van der Waals surface area contributed by atoms with Gasteiger partial charge in [-0.05, 0) is 32.9 Å². The summed E-state index contributed by atoms with van der Waals surface area (Å²) in [6.45, 7) is 4.77. The van der Waals surface area contributed by atoms with Crippen LogP contribution in [0.5, 0.6) is 0 Å². The minimum atomic E-state index is -0.654. The first kappa shape index (κ1) is 14.9. The van der Waals surface area contributed by atoms with E-state index in [2.05, 4.69) is 0 Å². The fourth-order valence-corrected chi connectivity index (χ4v) is 2.36. The van der Waals surface area contributed by atoms with E-state index in [0.29, 0.717) is 11.3 Å². The second kappa shape index (κ2) is 5.87. The molecule has 2 aromatic rings. The summed E-state index contributed by atoms with van der Waals surface area (Å²) >= 11 is 0. The molecule has 0 spiro atoms. The predicted octanol–water partition coefficient (Wildman–Crippen LogP) is 2.80. The van der Waals surface area contributed by atoms with Crippen LogP contribution >= 0.6 is 0 Å². The van der Waals surface area contributed by atoms with Crippen LogP contribution in [0.2, 0.25) is 0 Å². The van der Waals surface area contributed by atoms with Crippen LogP contribution < -0.4 is 5.56 Å². The number of benzene rings is 1. The number of aromatic nitrogens is 1. The summed E-state index contributed by atoms with van der Waals surface area (Å²) in [5.41, 5.74) is 0.888. The molecule has 0 bridgehead atoms. The van der Waals surface area contributed by atoms with Crippen molar-refractivity contribution in [3.8, 4) is 0 Å². The van der Waals surface area contributed by atoms with Gasteiger partial charge < -0.3 is 4.57 Å². The lowest BCUT2D eigenvalue weighted by Gasteiger charge is -2.18. The van der Waals surface area contributed by atoms with Crippen molar-refractivity contribution in [2.75, 3.05) is 0 Å². The van der Waals surface area contributed by atoms with Crippen molar-refractivity contribution in [1.29, 1.82) is 0 Å². The fourth-order valence-electron chi connectivity index (χ4n) is 2.36. The number of rotatable bonds is 4. The Balaban J connectivity index is 2.51. The van der Waals surface area contributed by atoms with Gasteiger partial charge in [-0.3, -0.25) is 14.4 Å². The van der Waals surface area contributed by atoms with Gasteiger partial charge in [-0.1, -0.05) is 30.3 Å². The maximum Gasteiger partial charge on any atom is 0.262 e. The third kappa shape index (κ3) is 2.84. The molecule has 1 heterocycles. The zero-order valence-electron chi connectivity index (χ0n) is 12.3. The van der Waals surface area contributed by atoms with Crippen LogP contribution in [0.15, 0.2) is 47.3 Å². The van der Waals surface area contributed by atoms with Gasteiger partial charge in [0, 0.05) is 11.3 Å². The van der Waals surface area contributed by atoms with E-state index in [1.54, 1.807) is 44.2 Å². The molecule has 1 unspecified atom stereocenters. The molecule has 1 aromatic carbocycles. The van der Waals surface area contributed by atoms with Gasteiger partial charge in [-0.2, -0.15) is 0 Å². The van der Waals surface area contributed by atoms with Crippen LogP contribution in [0.3, 0.4) is 0 Å². The Morgan fingerprint density at radius 2 is 1.67 bits per heavy atom. The van der Waals surface area contributed by atoms with Gasteiger partial charge in [-0.15, -0.1) is 0 Å². The summed E-state index contributed by atoms with van der Waals surface area (Å²) in [5.74, 6) is -0.449. The van der Waals surface area contributed by atoms with Crippen molar-refractivity contribution in [3.63, 3.8) is 0 Å². The smallest absolute Gasteiger partial charge is 0.262 e. The Morgan fingerprint density at radius 1 is 1.05 bits per heavy atom. The van der Waals surface area contributed by atoms with Crippen LogP contribution in [-0.4, -0.2) is 16.1 Å². The molecule has 4 heteroatoms. The number of carbonyl (C=O) groups excluding carboxylic acids is 2. The molecule has 0 aliphatic carbocycles. The quantitative estimate of drug-likeness (QED) is 0.811. The Kier molecular flexibility index (Phi) is 4.17. The molecule has 21 heavy (non-hydrogen) atoms. The van der Waals surface area contributed by atoms with Crippen molar-refractivity contribution in [2.45, 2.75) is 26.8 Å². The fraction of sp³-hybridized carbons (Fsp3) is 0.235. The number of hydrogen-bond acceptors (Lipinski definition) is 3. The highest BCUT2D eigenvalue weighted by Crippen LogP contribution is 2.15. The second-order valence-corrected chi connectivity index (χ2v) is 5.03. The largest absolute Gasteiger partial charge is 0.302 e. The van der Waals surface area contributed by atoms with Crippen LogP contribution in [-0.2, 0) is 0 Å². The summed E-state index contributed by atoms with van der Waals surface area (Å²) < 4.78 is 1.38. The normalized spacial score (nSPS) is 12.0. The molecule has 108 valence electrons. The summed E-state index contributed by atoms with van der Waals surface area (Å²) in [6, 6.07) is 11.4. The van der Waals surface area contributed by atoms with Crippen LogP contribution in [0.1, 0.15) is 46.3 Å². The number of aryl methyl sites for hydroxylation is 1. The molecule has 0 saturated carbocycles. The van der Waals surface area contributed by atoms with E-state index in [0.717, 1.165) is 0 Å². The maximum atomic E-state index is 12.5. The Labute approximate surface area is 123 Å². The number of pyridine rings is 1. The first-order chi connectivity index (χ1) is 9.93. The average molecular weight is 283 g/mol. The molecule has 0 aliphatic rings. The molecule has 0 saturated heterocycles. The van der Waals surface area contributed by atoms with Crippen LogP contribution in [0.25, 0.3) is 0 Å². The number of ketones is 2. The molecule has 0 aliphatic heterocycles. The van der Waals surface area contributed by atoms with Gasteiger partial charge >= 0.3 is 0 Å². The zero-order valence-corrected chi connectivity index (χ0v) is 12.3. The van der Waals surface area contributed by atoms with Gasteiger partial charge in [-0.25, -0.2) is 0 Å². The molecule has 0 fully saturated rings. The third-order valence-electron chi connectivity index (χ3n) is 3.52. The molecule has 0 radical (unpaired) electrons. The molecular formula is C17H17NO3. The number of nitrogens with zero attached hydrogens (tertiary/aromatic N) is 1. The molecule has 4 nitrogen and oxygen atoms in total. The summed E-state index contributed by atoms with van der Waals surface area (Å²) in [4.78, 5) is 36.4. The topological polar surface area (TPSA) is 56.1 Å². The lowest BCUT2D eigenvalue weighted by Crippen LogP contribution is -2.33. The summed E-state index contributed by atoms with van der Waals surface area (Å²) in [7, 11) is 0. The van der Waals surface area contributed by atoms with E-state index in [9.17, 15) is 14.4 Å². The van der Waals surface area contributed by atoms with Crippen molar-refractivity contribution in [3.05, 3.63) is 69.6 Å². The van der Waals surface area contributed by atoms with Crippen LogP contribution in [0.4, 0.5) is 0 Å². The summed E-state index contributed by atoms with van der Waals surface area (Å²) in [5, 5.41) is 0. The SMILES string of the molecule is CC(=O)c1ccc(C)n(C(C)C(=O)c2ccccc2)c1=O. The van der Waals surface area contributed by atoms with E-state index in [1.165, 1.54) is 17.6 Å². The van der Waals surface area contributed by atoms with Gasteiger partial charge in [0.15, 0.2) is 11.6 Å². The number of carbonyl (C=O) groups is 2. The molecule has 2 rings (SSSR count). The molecular weight excluding hydrogens is 266 g/mol. The molecule has 0 amide bonds. The second-order valence-electron chi connectivity index (χ2n) is 5.03. The highest BCUT2D eigenvalue weighted by molar-refractivity contribution is 5.99. The van der Waals surface area contributed by atoms with Gasteiger partial charge in [0.05, 0.1) is 11.6 Å². The van der Waals surface area contributed by atoms with Crippen molar-refractivity contribution >= 4 is 11.6 Å². The van der Waals surface area contributed by atoms with E-state index in [-0.39, 0.29) is 17.1 Å². The van der Waals surface area contributed by atoms with Crippen LogP contribution in [0, 0.1) is 6.92 Å².